The number of phenolic OH excluding ortho intramolecular Hbond substituents is 1. The second kappa shape index (κ2) is 8.86. The van der Waals surface area contributed by atoms with Gasteiger partial charge in [-0.3, -0.25) is 24.1 Å². The average Bonchev–Trinajstić information content (AvgIpc) is 2.99. The maximum Gasteiger partial charge on any atom is 0.307 e. The lowest BCUT2D eigenvalue weighted by atomic mass is 10.0. The van der Waals surface area contributed by atoms with Crippen LogP contribution in [-0.4, -0.2) is 47.4 Å². The second-order valence-corrected chi connectivity index (χ2v) is 6.85. The van der Waals surface area contributed by atoms with E-state index in [1.54, 1.807) is 13.0 Å². The molecule has 1 unspecified atom stereocenters. The topological polar surface area (TPSA) is 122 Å². The predicted octanol–water partition coefficient (Wildman–Crippen LogP) is 2.65. The molecule has 1 aliphatic heterocycles. The van der Waals surface area contributed by atoms with Gasteiger partial charge in [0.2, 0.25) is 5.91 Å². The van der Waals surface area contributed by atoms with Gasteiger partial charge < -0.3 is 19.9 Å². The number of benzene rings is 2. The molecule has 162 valence electrons. The lowest BCUT2D eigenvalue weighted by Crippen LogP contribution is -2.35. The van der Waals surface area contributed by atoms with Gasteiger partial charge in [-0.1, -0.05) is 12.1 Å². The molecule has 0 aliphatic carbocycles. The summed E-state index contributed by atoms with van der Waals surface area (Å²) in [5, 5.41) is 12.6. The van der Waals surface area contributed by atoms with Crippen LogP contribution in [0.5, 0.6) is 11.5 Å². The highest BCUT2D eigenvalue weighted by Crippen LogP contribution is 2.39. The van der Waals surface area contributed by atoms with Gasteiger partial charge in [-0.2, -0.15) is 0 Å². The predicted molar refractivity (Wildman–Crippen MR) is 110 cm³/mol. The van der Waals surface area contributed by atoms with Crippen LogP contribution in [0.4, 0.5) is 5.69 Å². The number of methoxy groups -OCH3 is 1. The number of anilines is 1. The highest BCUT2D eigenvalue weighted by atomic mass is 16.5. The van der Waals surface area contributed by atoms with E-state index >= 15 is 0 Å². The molecular formula is C22H22N2O7. The van der Waals surface area contributed by atoms with Crippen LogP contribution in [-0.2, 0) is 14.3 Å². The van der Waals surface area contributed by atoms with Gasteiger partial charge in [-0.25, -0.2) is 0 Å². The molecule has 3 amide bonds. The van der Waals surface area contributed by atoms with Crippen molar-refractivity contribution in [1.29, 1.82) is 0 Å². The summed E-state index contributed by atoms with van der Waals surface area (Å²) < 4.78 is 10.2. The Bertz CT molecular complexity index is 1060. The number of nitrogens with zero attached hydrogens (tertiary/aromatic N) is 1. The van der Waals surface area contributed by atoms with E-state index in [9.17, 15) is 24.3 Å². The Morgan fingerprint density at radius 1 is 1.16 bits per heavy atom. The number of carbonyl (C=O) groups excluding carboxylic acids is 4. The molecule has 3 rings (SSSR count). The van der Waals surface area contributed by atoms with Crippen LogP contribution in [0, 0.1) is 0 Å². The van der Waals surface area contributed by atoms with E-state index in [2.05, 4.69) is 5.32 Å². The number of nitrogens with one attached hydrogen (secondary N) is 1. The molecule has 1 aliphatic rings. The van der Waals surface area contributed by atoms with Gasteiger partial charge in [0.15, 0.2) is 11.5 Å². The van der Waals surface area contributed by atoms with E-state index in [4.69, 9.17) is 9.47 Å². The standard InChI is InChI=1S/C22H22N2O7/c1-4-31-18-10-13(8-9-17(18)26)16(11-19(27)30-3)24-21(28)14-6-5-7-15(23-12(2)25)20(14)22(24)29/h5-10,16,26H,4,11H2,1-3H3,(H,23,25). The number of rotatable bonds is 7. The molecule has 0 aromatic heterocycles. The molecule has 0 bridgehead atoms. The third kappa shape index (κ3) is 4.20. The molecule has 0 spiro atoms. The fourth-order valence-corrected chi connectivity index (χ4v) is 3.49. The van der Waals surface area contributed by atoms with Crippen molar-refractivity contribution in [2.75, 3.05) is 19.0 Å². The summed E-state index contributed by atoms with van der Waals surface area (Å²) in [5.74, 6) is -2.23. The van der Waals surface area contributed by atoms with Gasteiger partial charge in [0.05, 0.1) is 43.0 Å². The van der Waals surface area contributed by atoms with Crippen molar-refractivity contribution >= 4 is 29.4 Å². The molecular weight excluding hydrogens is 404 g/mol. The number of amides is 3. The Labute approximate surface area is 178 Å². The minimum atomic E-state index is -1.01. The summed E-state index contributed by atoms with van der Waals surface area (Å²) in [5.41, 5.74) is 0.793. The lowest BCUT2D eigenvalue weighted by Gasteiger charge is -2.26. The number of fused-ring (bicyclic) bond motifs is 1. The maximum absolute atomic E-state index is 13.3. The minimum Gasteiger partial charge on any atom is -0.504 e. The van der Waals surface area contributed by atoms with Crippen molar-refractivity contribution in [3.63, 3.8) is 0 Å². The first kappa shape index (κ1) is 21.8. The molecule has 9 nitrogen and oxygen atoms in total. The van der Waals surface area contributed by atoms with Crippen LogP contribution in [0.2, 0.25) is 0 Å². The van der Waals surface area contributed by atoms with Crippen LogP contribution in [0.25, 0.3) is 0 Å². The van der Waals surface area contributed by atoms with Crippen molar-refractivity contribution in [1.82, 2.24) is 4.90 Å². The van der Waals surface area contributed by atoms with Crippen molar-refractivity contribution in [3.8, 4) is 11.5 Å². The van der Waals surface area contributed by atoms with Crippen molar-refractivity contribution in [3.05, 3.63) is 53.1 Å². The Hall–Kier alpha value is -3.88. The Kier molecular flexibility index (Phi) is 6.24. The summed E-state index contributed by atoms with van der Waals surface area (Å²) in [7, 11) is 1.21. The molecule has 0 saturated carbocycles. The van der Waals surface area contributed by atoms with Crippen LogP contribution in [0.3, 0.4) is 0 Å². The molecule has 31 heavy (non-hydrogen) atoms. The number of carbonyl (C=O) groups is 4. The van der Waals surface area contributed by atoms with Crippen LogP contribution in [0.1, 0.15) is 52.6 Å². The smallest absolute Gasteiger partial charge is 0.307 e. The first-order chi connectivity index (χ1) is 14.8. The molecule has 9 heteroatoms. The largest absolute Gasteiger partial charge is 0.504 e. The highest BCUT2D eigenvalue weighted by molar-refractivity contribution is 6.24. The van der Waals surface area contributed by atoms with Crippen molar-refractivity contribution < 1.29 is 33.8 Å². The molecule has 2 N–H and O–H groups in total. The summed E-state index contributed by atoms with van der Waals surface area (Å²) in [6, 6.07) is 7.91. The number of ether oxygens (including phenoxy) is 2. The summed E-state index contributed by atoms with van der Waals surface area (Å²) in [6.07, 6.45) is -0.298. The maximum atomic E-state index is 13.3. The van der Waals surface area contributed by atoms with Gasteiger partial charge in [-0.05, 0) is 36.8 Å². The molecule has 0 radical (unpaired) electrons. The van der Waals surface area contributed by atoms with Crippen LogP contribution < -0.4 is 10.1 Å². The molecule has 2 aromatic carbocycles. The fraction of sp³-hybridized carbons (Fsp3) is 0.273. The second-order valence-electron chi connectivity index (χ2n) is 6.85. The van der Waals surface area contributed by atoms with E-state index in [-0.39, 0.29) is 41.3 Å². The van der Waals surface area contributed by atoms with E-state index in [0.717, 1.165) is 4.90 Å². The normalized spacial score (nSPS) is 13.6. The van der Waals surface area contributed by atoms with Crippen LogP contribution >= 0.6 is 0 Å². The van der Waals surface area contributed by atoms with Gasteiger partial charge >= 0.3 is 5.97 Å². The number of imide groups is 1. The van der Waals surface area contributed by atoms with Gasteiger partial charge in [0, 0.05) is 6.92 Å². The van der Waals surface area contributed by atoms with E-state index in [1.807, 2.05) is 0 Å². The molecule has 1 atom stereocenters. The monoisotopic (exact) mass is 426 g/mol. The third-order valence-electron chi connectivity index (χ3n) is 4.82. The summed E-state index contributed by atoms with van der Waals surface area (Å²) in [4.78, 5) is 51.1. The highest BCUT2D eigenvalue weighted by Gasteiger charge is 2.43. The number of esters is 1. The first-order valence-corrected chi connectivity index (χ1v) is 9.59. The molecule has 2 aromatic rings. The lowest BCUT2D eigenvalue weighted by molar-refractivity contribution is -0.141. The number of hydrogen-bond donors (Lipinski definition) is 2. The number of hydrogen-bond acceptors (Lipinski definition) is 7. The van der Waals surface area contributed by atoms with Crippen LogP contribution in [0.15, 0.2) is 36.4 Å². The minimum absolute atomic E-state index is 0.0568. The van der Waals surface area contributed by atoms with E-state index < -0.39 is 29.7 Å². The van der Waals surface area contributed by atoms with E-state index in [0.29, 0.717) is 5.56 Å². The molecule has 0 saturated heterocycles. The molecule has 1 heterocycles. The first-order valence-electron chi connectivity index (χ1n) is 9.59. The SMILES string of the molecule is CCOc1cc(C(CC(=O)OC)N2C(=O)c3cccc(NC(C)=O)c3C2=O)ccc1O. The third-order valence-corrected chi connectivity index (χ3v) is 4.82. The number of aromatic hydroxyl groups is 1. The van der Waals surface area contributed by atoms with Crippen molar-refractivity contribution in [2.45, 2.75) is 26.3 Å². The van der Waals surface area contributed by atoms with Gasteiger partial charge in [0.1, 0.15) is 0 Å². The van der Waals surface area contributed by atoms with Gasteiger partial charge in [-0.15, -0.1) is 0 Å². The summed E-state index contributed by atoms with van der Waals surface area (Å²) in [6.45, 7) is 3.32. The Morgan fingerprint density at radius 2 is 1.90 bits per heavy atom. The van der Waals surface area contributed by atoms with E-state index in [1.165, 1.54) is 44.4 Å². The Morgan fingerprint density at radius 3 is 2.55 bits per heavy atom. The summed E-state index contributed by atoms with van der Waals surface area (Å²) >= 11 is 0. The zero-order valence-electron chi connectivity index (χ0n) is 17.3. The zero-order valence-corrected chi connectivity index (χ0v) is 17.3. The van der Waals surface area contributed by atoms with Gasteiger partial charge in [0.25, 0.3) is 11.8 Å². The quantitative estimate of drug-likeness (QED) is 0.515. The Balaban J connectivity index is 2.09. The number of phenols is 1. The average molecular weight is 426 g/mol. The zero-order chi connectivity index (χ0) is 22.7. The fourth-order valence-electron chi connectivity index (χ4n) is 3.49. The van der Waals surface area contributed by atoms with Crippen molar-refractivity contribution in [2.24, 2.45) is 0 Å². The molecule has 0 fully saturated rings.